The second kappa shape index (κ2) is 12.2. The van der Waals surface area contributed by atoms with E-state index in [2.05, 4.69) is 57.8 Å². The van der Waals surface area contributed by atoms with Crippen LogP contribution in [0.3, 0.4) is 0 Å². The normalized spacial score (nSPS) is 17.3. The van der Waals surface area contributed by atoms with Crippen molar-refractivity contribution in [3.05, 3.63) is 71.8 Å². The molecule has 2 aromatic rings. The van der Waals surface area contributed by atoms with Crippen LogP contribution in [-0.2, 0) is 4.79 Å². The van der Waals surface area contributed by atoms with E-state index in [4.69, 9.17) is 0 Å². The molecule has 1 saturated heterocycles. The zero-order valence-corrected chi connectivity index (χ0v) is 18.4. The monoisotopic (exact) mass is 422 g/mol. The fourth-order valence-electron chi connectivity index (χ4n) is 3.96. The first-order valence-electron chi connectivity index (χ1n) is 11.2. The second-order valence-corrected chi connectivity index (χ2v) is 8.15. The number of hydrogen-bond acceptors (Lipinski definition) is 4. The van der Waals surface area contributed by atoms with Gasteiger partial charge in [0.1, 0.15) is 0 Å². The Morgan fingerprint density at radius 1 is 0.903 bits per heavy atom. The van der Waals surface area contributed by atoms with Crippen LogP contribution in [0.1, 0.15) is 41.2 Å². The molecule has 2 N–H and O–H groups in total. The van der Waals surface area contributed by atoms with Crippen molar-refractivity contribution in [1.82, 2.24) is 20.4 Å². The van der Waals surface area contributed by atoms with Crippen LogP contribution in [0.4, 0.5) is 0 Å². The molecule has 1 atom stereocenters. The van der Waals surface area contributed by atoms with Gasteiger partial charge in [-0.25, -0.2) is 0 Å². The first-order chi connectivity index (χ1) is 15.1. The van der Waals surface area contributed by atoms with E-state index in [0.717, 1.165) is 32.6 Å². The van der Waals surface area contributed by atoms with E-state index in [-0.39, 0.29) is 11.8 Å². The summed E-state index contributed by atoms with van der Waals surface area (Å²) in [6.45, 7) is 5.31. The highest BCUT2D eigenvalue weighted by molar-refractivity contribution is 5.94. The number of nitrogens with one attached hydrogen (secondary N) is 2. The lowest BCUT2D eigenvalue weighted by Crippen LogP contribution is -2.47. The minimum atomic E-state index is -0.0962. The Morgan fingerprint density at radius 2 is 1.58 bits per heavy atom. The smallest absolute Gasteiger partial charge is 0.251 e. The summed E-state index contributed by atoms with van der Waals surface area (Å²) in [7, 11) is 2.18. The molecule has 2 aromatic carbocycles. The van der Waals surface area contributed by atoms with Crippen molar-refractivity contribution in [2.45, 2.75) is 25.3 Å². The van der Waals surface area contributed by atoms with Crippen LogP contribution in [0.25, 0.3) is 0 Å². The molecule has 1 aliphatic heterocycles. The van der Waals surface area contributed by atoms with E-state index in [1.54, 1.807) is 12.1 Å². The minimum Gasteiger partial charge on any atom is -0.356 e. The summed E-state index contributed by atoms with van der Waals surface area (Å²) in [6.07, 6.45) is 2.00. The summed E-state index contributed by atoms with van der Waals surface area (Å²) in [5, 5.41) is 5.88. The van der Waals surface area contributed by atoms with Crippen LogP contribution in [-0.4, -0.2) is 67.9 Å². The summed E-state index contributed by atoms with van der Waals surface area (Å²) < 4.78 is 0. The lowest BCUT2D eigenvalue weighted by atomic mass is 10.0. The second-order valence-electron chi connectivity index (χ2n) is 8.15. The summed E-state index contributed by atoms with van der Waals surface area (Å²) >= 11 is 0. The standard InChI is InChI=1S/C25H34N4O2/c1-28-18-19-29(23(20-28)21-10-4-2-5-11-21)17-9-16-26-24(30)14-8-15-27-25(31)22-12-6-3-7-13-22/h2-7,10-13,23H,8-9,14-20H2,1H3,(H,26,30)(H,27,31). The highest BCUT2D eigenvalue weighted by Crippen LogP contribution is 2.24. The van der Waals surface area contributed by atoms with E-state index in [1.165, 1.54) is 5.56 Å². The fraction of sp³-hybridized carbons (Fsp3) is 0.440. The third-order valence-corrected chi connectivity index (χ3v) is 5.73. The zero-order chi connectivity index (χ0) is 21.9. The van der Waals surface area contributed by atoms with E-state index in [0.29, 0.717) is 37.5 Å². The van der Waals surface area contributed by atoms with Gasteiger partial charge in [-0.15, -0.1) is 0 Å². The molecule has 6 nitrogen and oxygen atoms in total. The van der Waals surface area contributed by atoms with Gasteiger partial charge in [0.25, 0.3) is 5.91 Å². The van der Waals surface area contributed by atoms with Gasteiger partial charge in [-0.3, -0.25) is 14.5 Å². The van der Waals surface area contributed by atoms with Crippen LogP contribution in [0.15, 0.2) is 60.7 Å². The van der Waals surface area contributed by atoms with Crippen LogP contribution in [0, 0.1) is 0 Å². The summed E-state index contributed by atoms with van der Waals surface area (Å²) in [4.78, 5) is 29.0. The highest BCUT2D eigenvalue weighted by atomic mass is 16.2. The van der Waals surface area contributed by atoms with Crippen molar-refractivity contribution in [2.24, 2.45) is 0 Å². The number of piperazine rings is 1. The average Bonchev–Trinajstić information content (AvgIpc) is 2.81. The molecule has 1 aliphatic rings. The van der Waals surface area contributed by atoms with Crippen LogP contribution < -0.4 is 10.6 Å². The largest absolute Gasteiger partial charge is 0.356 e. The minimum absolute atomic E-state index is 0.0481. The van der Waals surface area contributed by atoms with Gasteiger partial charge in [-0.1, -0.05) is 48.5 Å². The first-order valence-corrected chi connectivity index (χ1v) is 11.2. The van der Waals surface area contributed by atoms with E-state index in [9.17, 15) is 9.59 Å². The van der Waals surface area contributed by atoms with Gasteiger partial charge in [-0.2, -0.15) is 0 Å². The molecule has 0 aliphatic carbocycles. The number of amides is 2. The molecule has 3 rings (SSSR count). The predicted octanol–water partition coefficient (Wildman–Crippen LogP) is 2.69. The third kappa shape index (κ3) is 7.49. The van der Waals surface area contributed by atoms with Gasteiger partial charge in [0, 0.05) is 57.3 Å². The molecule has 1 heterocycles. The van der Waals surface area contributed by atoms with Crippen LogP contribution >= 0.6 is 0 Å². The van der Waals surface area contributed by atoms with Gasteiger partial charge < -0.3 is 15.5 Å². The van der Waals surface area contributed by atoms with E-state index >= 15 is 0 Å². The molecular formula is C25H34N4O2. The molecule has 0 saturated carbocycles. The van der Waals surface area contributed by atoms with Crippen LogP contribution in [0.2, 0.25) is 0 Å². The van der Waals surface area contributed by atoms with Gasteiger partial charge >= 0.3 is 0 Å². The fourth-order valence-corrected chi connectivity index (χ4v) is 3.96. The number of hydrogen-bond donors (Lipinski definition) is 2. The Labute approximate surface area is 185 Å². The molecule has 1 unspecified atom stereocenters. The Balaban J connectivity index is 1.30. The summed E-state index contributed by atoms with van der Waals surface area (Å²) in [5.74, 6) is -0.0481. The Kier molecular flexibility index (Phi) is 9.06. The van der Waals surface area contributed by atoms with Crippen molar-refractivity contribution in [1.29, 1.82) is 0 Å². The SMILES string of the molecule is CN1CCN(CCCNC(=O)CCCNC(=O)c2ccccc2)C(c2ccccc2)C1. The Hall–Kier alpha value is -2.70. The number of nitrogens with zero attached hydrogens (tertiary/aromatic N) is 2. The number of benzene rings is 2. The van der Waals surface area contributed by atoms with Gasteiger partial charge in [0.05, 0.1) is 0 Å². The van der Waals surface area contributed by atoms with Gasteiger partial charge in [0.15, 0.2) is 0 Å². The van der Waals surface area contributed by atoms with Gasteiger partial charge in [0.2, 0.25) is 5.91 Å². The van der Waals surface area contributed by atoms with E-state index in [1.807, 2.05) is 18.2 Å². The Bertz CT molecular complexity index is 813. The first kappa shape index (κ1) is 23.0. The molecule has 31 heavy (non-hydrogen) atoms. The van der Waals surface area contributed by atoms with Crippen molar-refractivity contribution in [2.75, 3.05) is 46.3 Å². The lowest BCUT2D eigenvalue weighted by Gasteiger charge is -2.40. The summed E-state index contributed by atoms with van der Waals surface area (Å²) in [5.41, 5.74) is 2.00. The Morgan fingerprint density at radius 3 is 2.32 bits per heavy atom. The maximum absolute atomic E-state index is 12.1. The topological polar surface area (TPSA) is 64.7 Å². The van der Waals surface area contributed by atoms with Gasteiger partial charge in [-0.05, 0) is 37.6 Å². The molecule has 0 bridgehead atoms. The quantitative estimate of drug-likeness (QED) is 0.578. The number of carbonyl (C=O) groups is 2. The molecule has 0 radical (unpaired) electrons. The van der Waals surface area contributed by atoms with Crippen molar-refractivity contribution in [3.63, 3.8) is 0 Å². The lowest BCUT2D eigenvalue weighted by molar-refractivity contribution is -0.121. The molecule has 6 heteroatoms. The molecule has 0 aromatic heterocycles. The molecular weight excluding hydrogens is 388 g/mol. The predicted molar refractivity (Wildman–Crippen MR) is 124 cm³/mol. The van der Waals surface area contributed by atoms with Crippen molar-refractivity contribution < 1.29 is 9.59 Å². The van der Waals surface area contributed by atoms with Crippen molar-refractivity contribution >= 4 is 11.8 Å². The average molecular weight is 423 g/mol. The molecule has 166 valence electrons. The summed E-state index contributed by atoms with van der Waals surface area (Å²) in [6, 6.07) is 20.2. The van der Waals surface area contributed by atoms with E-state index < -0.39 is 0 Å². The van der Waals surface area contributed by atoms with Crippen molar-refractivity contribution in [3.8, 4) is 0 Å². The number of likely N-dealkylation sites (N-methyl/N-ethyl adjacent to an activating group) is 1. The number of rotatable bonds is 10. The maximum Gasteiger partial charge on any atom is 0.251 e. The highest BCUT2D eigenvalue weighted by Gasteiger charge is 2.25. The zero-order valence-electron chi connectivity index (χ0n) is 18.4. The molecule has 0 spiro atoms. The maximum atomic E-state index is 12.1. The molecule has 2 amide bonds. The third-order valence-electron chi connectivity index (χ3n) is 5.73. The number of carbonyl (C=O) groups excluding carboxylic acids is 2. The molecule has 1 fully saturated rings. The van der Waals surface area contributed by atoms with Crippen LogP contribution in [0.5, 0.6) is 0 Å².